The second-order valence-corrected chi connectivity index (χ2v) is 4.76. The van der Waals surface area contributed by atoms with Gasteiger partial charge in [-0.2, -0.15) is 0 Å². The SMILES string of the molecule is CCc1nc2c(n1CC1CC1)CCNC2. The van der Waals surface area contributed by atoms with Crippen molar-refractivity contribution in [3.8, 4) is 0 Å². The molecule has 0 amide bonds. The third kappa shape index (κ3) is 1.69. The summed E-state index contributed by atoms with van der Waals surface area (Å²) < 4.78 is 2.51. The van der Waals surface area contributed by atoms with E-state index in [2.05, 4.69) is 16.8 Å². The van der Waals surface area contributed by atoms with Gasteiger partial charge >= 0.3 is 0 Å². The Hall–Kier alpha value is -0.830. The van der Waals surface area contributed by atoms with E-state index in [1.165, 1.54) is 36.6 Å². The van der Waals surface area contributed by atoms with E-state index in [4.69, 9.17) is 4.98 Å². The van der Waals surface area contributed by atoms with E-state index in [1.54, 1.807) is 0 Å². The number of imidazole rings is 1. The highest BCUT2D eigenvalue weighted by Crippen LogP contribution is 2.32. The lowest BCUT2D eigenvalue weighted by molar-refractivity contribution is 0.550. The van der Waals surface area contributed by atoms with Crippen molar-refractivity contribution < 1.29 is 0 Å². The lowest BCUT2D eigenvalue weighted by Gasteiger charge is -2.15. The van der Waals surface area contributed by atoms with Gasteiger partial charge in [0.1, 0.15) is 5.82 Å². The number of nitrogens with zero attached hydrogens (tertiary/aromatic N) is 2. The molecular weight excluding hydrogens is 186 g/mol. The van der Waals surface area contributed by atoms with Crippen molar-refractivity contribution in [3.63, 3.8) is 0 Å². The van der Waals surface area contributed by atoms with Gasteiger partial charge in [0.05, 0.1) is 5.69 Å². The van der Waals surface area contributed by atoms with Crippen LogP contribution in [0.25, 0.3) is 0 Å². The standard InChI is InChI=1S/C12H19N3/c1-2-12-14-10-7-13-6-5-11(10)15(12)8-9-3-4-9/h9,13H,2-8H2,1H3. The first kappa shape index (κ1) is 9.40. The summed E-state index contributed by atoms with van der Waals surface area (Å²) in [6.45, 7) is 5.53. The quantitative estimate of drug-likeness (QED) is 0.810. The van der Waals surface area contributed by atoms with Crippen LogP contribution in [0.5, 0.6) is 0 Å². The van der Waals surface area contributed by atoms with Crippen molar-refractivity contribution in [2.24, 2.45) is 5.92 Å². The molecular formula is C12H19N3. The third-order valence-electron chi connectivity index (χ3n) is 3.52. The van der Waals surface area contributed by atoms with Crippen molar-refractivity contribution in [1.29, 1.82) is 0 Å². The highest BCUT2D eigenvalue weighted by molar-refractivity contribution is 5.20. The van der Waals surface area contributed by atoms with Crippen LogP contribution < -0.4 is 5.32 Å². The Kier molecular flexibility index (Phi) is 2.28. The van der Waals surface area contributed by atoms with Crippen molar-refractivity contribution in [2.75, 3.05) is 6.54 Å². The van der Waals surface area contributed by atoms with Crippen LogP contribution in [0.2, 0.25) is 0 Å². The first-order chi connectivity index (χ1) is 7.38. The molecule has 1 fully saturated rings. The first-order valence-corrected chi connectivity index (χ1v) is 6.16. The molecule has 15 heavy (non-hydrogen) atoms. The molecule has 3 rings (SSSR count). The molecule has 0 bridgehead atoms. The molecule has 1 aliphatic heterocycles. The maximum atomic E-state index is 4.75. The Morgan fingerprint density at radius 3 is 3.07 bits per heavy atom. The largest absolute Gasteiger partial charge is 0.331 e. The lowest BCUT2D eigenvalue weighted by Crippen LogP contribution is -2.25. The summed E-state index contributed by atoms with van der Waals surface area (Å²) in [5.41, 5.74) is 2.82. The lowest BCUT2D eigenvalue weighted by atomic mass is 10.2. The van der Waals surface area contributed by atoms with E-state index in [9.17, 15) is 0 Å². The highest BCUT2D eigenvalue weighted by Gasteiger charge is 2.26. The van der Waals surface area contributed by atoms with E-state index in [1.807, 2.05) is 0 Å². The fourth-order valence-electron chi connectivity index (χ4n) is 2.47. The molecule has 0 atom stereocenters. The Morgan fingerprint density at radius 2 is 2.33 bits per heavy atom. The van der Waals surface area contributed by atoms with Crippen LogP contribution in [-0.4, -0.2) is 16.1 Å². The normalized spacial score (nSPS) is 20.3. The van der Waals surface area contributed by atoms with E-state index in [-0.39, 0.29) is 0 Å². The molecule has 1 N–H and O–H groups in total. The molecule has 3 nitrogen and oxygen atoms in total. The second-order valence-electron chi connectivity index (χ2n) is 4.76. The molecule has 1 aromatic heterocycles. The van der Waals surface area contributed by atoms with Crippen LogP contribution >= 0.6 is 0 Å². The van der Waals surface area contributed by atoms with Gasteiger partial charge in [0.15, 0.2) is 0 Å². The number of aromatic nitrogens is 2. The predicted octanol–water partition coefficient (Wildman–Crippen LogP) is 1.50. The molecule has 0 aromatic carbocycles. The molecule has 1 aliphatic carbocycles. The summed E-state index contributed by atoms with van der Waals surface area (Å²) in [6.07, 6.45) is 5.08. The Bertz CT molecular complexity index is 363. The van der Waals surface area contributed by atoms with Gasteiger partial charge in [-0.25, -0.2) is 4.98 Å². The van der Waals surface area contributed by atoms with Crippen molar-refractivity contribution in [3.05, 3.63) is 17.2 Å². The topological polar surface area (TPSA) is 29.9 Å². The summed E-state index contributed by atoms with van der Waals surface area (Å²) in [5.74, 6) is 2.25. The number of rotatable bonds is 3. The minimum Gasteiger partial charge on any atom is -0.331 e. The first-order valence-electron chi connectivity index (χ1n) is 6.16. The van der Waals surface area contributed by atoms with Gasteiger partial charge in [-0.05, 0) is 18.8 Å². The summed E-state index contributed by atoms with van der Waals surface area (Å²) >= 11 is 0. The third-order valence-corrected chi connectivity index (χ3v) is 3.52. The monoisotopic (exact) mass is 205 g/mol. The van der Waals surface area contributed by atoms with Crippen LogP contribution in [0.4, 0.5) is 0 Å². The maximum absolute atomic E-state index is 4.75. The molecule has 82 valence electrons. The van der Waals surface area contributed by atoms with Crippen LogP contribution in [-0.2, 0) is 25.9 Å². The van der Waals surface area contributed by atoms with E-state index < -0.39 is 0 Å². The van der Waals surface area contributed by atoms with E-state index >= 15 is 0 Å². The van der Waals surface area contributed by atoms with Crippen molar-refractivity contribution >= 4 is 0 Å². The van der Waals surface area contributed by atoms with E-state index in [0.717, 1.165) is 31.8 Å². The van der Waals surface area contributed by atoms with Crippen LogP contribution in [0, 0.1) is 5.92 Å². The fourth-order valence-corrected chi connectivity index (χ4v) is 2.47. The number of fused-ring (bicyclic) bond motifs is 1. The molecule has 2 aliphatic rings. The molecule has 0 spiro atoms. The van der Waals surface area contributed by atoms with Crippen molar-refractivity contribution in [2.45, 2.75) is 45.7 Å². The summed E-state index contributed by atoms with van der Waals surface area (Å²) in [5, 5.41) is 3.40. The zero-order chi connectivity index (χ0) is 10.3. The minimum absolute atomic E-state index is 0.948. The van der Waals surface area contributed by atoms with Gasteiger partial charge in [-0.3, -0.25) is 0 Å². The van der Waals surface area contributed by atoms with Gasteiger partial charge in [0, 0.05) is 38.2 Å². The fraction of sp³-hybridized carbons (Fsp3) is 0.750. The smallest absolute Gasteiger partial charge is 0.108 e. The van der Waals surface area contributed by atoms with Crippen molar-refractivity contribution in [1.82, 2.24) is 14.9 Å². The van der Waals surface area contributed by atoms with Gasteiger partial charge in [-0.1, -0.05) is 6.92 Å². The molecule has 3 heteroatoms. The summed E-state index contributed by atoms with van der Waals surface area (Å²) in [6, 6.07) is 0. The van der Waals surface area contributed by atoms with Crippen LogP contribution in [0.1, 0.15) is 37.0 Å². The van der Waals surface area contributed by atoms with E-state index in [0.29, 0.717) is 0 Å². The number of hydrogen-bond donors (Lipinski definition) is 1. The Morgan fingerprint density at radius 1 is 1.47 bits per heavy atom. The maximum Gasteiger partial charge on any atom is 0.108 e. The number of hydrogen-bond acceptors (Lipinski definition) is 2. The molecule has 1 aromatic rings. The number of nitrogens with one attached hydrogen (secondary N) is 1. The zero-order valence-electron chi connectivity index (χ0n) is 9.42. The molecule has 0 saturated heterocycles. The molecule has 0 unspecified atom stereocenters. The molecule has 0 radical (unpaired) electrons. The Labute approximate surface area is 90.9 Å². The number of aryl methyl sites for hydroxylation is 1. The Balaban J connectivity index is 1.95. The second kappa shape index (κ2) is 3.63. The zero-order valence-corrected chi connectivity index (χ0v) is 9.42. The summed E-state index contributed by atoms with van der Waals surface area (Å²) in [4.78, 5) is 4.75. The average molecular weight is 205 g/mol. The summed E-state index contributed by atoms with van der Waals surface area (Å²) in [7, 11) is 0. The highest BCUT2D eigenvalue weighted by atomic mass is 15.1. The van der Waals surface area contributed by atoms with Gasteiger partial charge < -0.3 is 9.88 Å². The molecule has 1 saturated carbocycles. The minimum atomic E-state index is 0.948. The molecule has 2 heterocycles. The van der Waals surface area contributed by atoms with Gasteiger partial charge in [0.2, 0.25) is 0 Å². The average Bonchev–Trinajstić information content (AvgIpc) is 3.01. The van der Waals surface area contributed by atoms with Crippen LogP contribution in [0.15, 0.2) is 0 Å². The van der Waals surface area contributed by atoms with Gasteiger partial charge in [0.25, 0.3) is 0 Å². The van der Waals surface area contributed by atoms with Crippen LogP contribution in [0.3, 0.4) is 0 Å². The predicted molar refractivity (Wildman–Crippen MR) is 59.7 cm³/mol. The van der Waals surface area contributed by atoms with Gasteiger partial charge in [-0.15, -0.1) is 0 Å².